The maximum absolute atomic E-state index is 12.2. The second-order valence-electron chi connectivity index (χ2n) is 7.32. The molecular weight excluding hydrogens is 308 g/mol. The van der Waals surface area contributed by atoms with Gasteiger partial charge in [0.05, 0.1) is 11.9 Å². The first-order valence-corrected chi connectivity index (χ1v) is 8.23. The number of ether oxygens (including phenoxy) is 1. The molecule has 0 saturated carbocycles. The fourth-order valence-corrected chi connectivity index (χ4v) is 3.31. The topological polar surface area (TPSA) is 74.8 Å². The lowest BCUT2D eigenvalue weighted by Gasteiger charge is -2.57. The van der Waals surface area contributed by atoms with Crippen molar-refractivity contribution in [2.45, 2.75) is 44.9 Å². The van der Waals surface area contributed by atoms with Gasteiger partial charge >= 0.3 is 6.09 Å². The smallest absolute Gasteiger partial charge is 0.410 e. The van der Waals surface area contributed by atoms with E-state index in [1.165, 1.54) is 0 Å². The molecule has 24 heavy (non-hydrogen) atoms. The van der Waals surface area contributed by atoms with E-state index in [1.807, 2.05) is 26.8 Å². The molecule has 1 aromatic rings. The average Bonchev–Trinajstić information content (AvgIpc) is 2.53. The van der Waals surface area contributed by atoms with Crippen molar-refractivity contribution >= 4 is 17.7 Å². The summed E-state index contributed by atoms with van der Waals surface area (Å²) in [6.45, 7) is 6.94. The first-order chi connectivity index (χ1) is 11.3. The van der Waals surface area contributed by atoms with Crippen LogP contribution in [0.4, 0.5) is 10.5 Å². The number of pyridine rings is 1. The zero-order chi connectivity index (χ0) is 17.5. The average molecular weight is 332 g/mol. The van der Waals surface area contributed by atoms with Crippen molar-refractivity contribution in [2.24, 2.45) is 0 Å². The number of hydrogen-bond donors (Lipinski definition) is 1. The number of carbonyl (C=O) groups is 2. The lowest BCUT2D eigenvalue weighted by atomic mass is 9.87. The van der Waals surface area contributed by atoms with Crippen LogP contribution in [0.1, 0.15) is 37.7 Å². The summed E-state index contributed by atoms with van der Waals surface area (Å²) in [6, 6.07) is 4.21. The van der Waals surface area contributed by atoms with Crippen LogP contribution in [0.25, 0.3) is 0 Å². The highest BCUT2D eigenvalue weighted by molar-refractivity contribution is 5.92. The third kappa shape index (κ3) is 3.16. The van der Waals surface area contributed by atoms with Crippen LogP contribution >= 0.6 is 0 Å². The van der Waals surface area contributed by atoms with Gasteiger partial charge in [-0.25, -0.2) is 9.78 Å². The minimum atomic E-state index is -0.474. The molecule has 0 spiro atoms. The van der Waals surface area contributed by atoms with Crippen LogP contribution in [0.2, 0.25) is 0 Å². The Kier molecular flexibility index (Phi) is 4.11. The van der Waals surface area contributed by atoms with Crippen LogP contribution in [0, 0.1) is 0 Å². The third-order valence-corrected chi connectivity index (χ3v) is 4.35. The molecule has 1 aromatic heterocycles. The number of rotatable bonds is 2. The fourth-order valence-electron chi connectivity index (χ4n) is 3.31. The second kappa shape index (κ2) is 5.96. The molecule has 2 atom stereocenters. The van der Waals surface area contributed by atoms with Crippen molar-refractivity contribution in [2.75, 3.05) is 25.0 Å². The highest BCUT2D eigenvalue weighted by Gasteiger charge is 2.46. The molecule has 1 N–H and O–H groups in total. The Bertz CT molecular complexity index is 626. The van der Waals surface area contributed by atoms with E-state index in [1.54, 1.807) is 24.2 Å². The molecule has 7 heteroatoms. The molecular formula is C17H24N4O3. The van der Waals surface area contributed by atoms with Crippen molar-refractivity contribution in [1.29, 1.82) is 0 Å². The minimum absolute atomic E-state index is 0.193. The van der Waals surface area contributed by atoms with Gasteiger partial charge in [-0.2, -0.15) is 0 Å². The van der Waals surface area contributed by atoms with E-state index >= 15 is 0 Å². The maximum atomic E-state index is 12.2. The van der Waals surface area contributed by atoms with Gasteiger partial charge in [-0.1, -0.05) is 0 Å². The van der Waals surface area contributed by atoms with E-state index in [4.69, 9.17) is 4.74 Å². The Balaban J connectivity index is 1.64. The Morgan fingerprint density at radius 3 is 2.42 bits per heavy atom. The largest absolute Gasteiger partial charge is 0.444 e. The van der Waals surface area contributed by atoms with E-state index < -0.39 is 5.60 Å². The number of aromatic nitrogens is 1. The number of likely N-dealkylation sites (tertiary alicyclic amines) is 1. The van der Waals surface area contributed by atoms with Crippen LogP contribution in [0.5, 0.6) is 0 Å². The zero-order valence-electron chi connectivity index (χ0n) is 14.6. The summed E-state index contributed by atoms with van der Waals surface area (Å²) < 4.78 is 5.45. The van der Waals surface area contributed by atoms with Crippen molar-refractivity contribution in [3.05, 3.63) is 24.0 Å². The summed E-state index contributed by atoms with van der Waals surface area (Å²) in [5.74, 6) is -0.193. The van der Waals surface area contributed by atoms with Crippen molar-refractivity contribution in [1.82, 2.24) is 15.2 Å². The number of nitrogens with zero attached hydrogens (tertiary/aromatic N) is 3. The Morgan fingerprint density at radius 1 is 1.25 bits per heavy atom. The number of amides is 2. The predicted octanol–water partition coefficient (Wildman–Crippen LogP) is 1.64. The third-order valence-electron chi connectivity index (χ3n) is 4.35. The quantitative estimate of drug-likeness (QED) is 0.891. The molecule has 0 radical (unpaired) electrons. The molecule has 3 heterocycles. The van der Waals surface area contributed by atoms with E-state index in [2.05, 4.69) is 15.2 Å². The molecule has 7 nitrogen and oxygen atoms in total. The van der Waals surface area contributed by atoms with Crippen LogP contribution in [-0.2, 0) is 4.74 Å². The lowest BCUT2D eigenvalue weighted by molar-refractivity contribution is 0.00855. The minimum Gasteiger partial charge on any atom is -0.444 e. The number of fused-ring (bicyclic) bond motifs is 2. The number of piperidine rings is 1. The highest BCUT2D eigenvalue weighted by Crippen LogP contribution is 2.37. The maximum Gasteiger partial charge on any atom is 0.410 e. The van der Waals surface area contributed by atoms with E-state index in [0.29, 0.717) is 18.8 Å². The van der Waals surface area contributed by atoms with E-state index in [-0.39, 0.29) is 24.1 Å². The van der Waals surface area contributed by atoms with Crippen molar-refractivity contribution in [3.63, 3.8) is 0 Å². The van der Waals surface area contributed by atoms with E-state index in [0.717, 1.165) is 12.1 Å². The molecule has 2 aliphatic rings. The number of hydrogen-bond acceptors (Lipinski definition) is 5. The predicted molar refractivity (Wildman–Crippen MR) is 90.1 cm³/mol. The van der Waals surface area contributed by atoms with Crippen LogP contribution in [0.3, 0.4) is 0 Å². The summed E-state index contributed by atoms with van der Waals surface area (Å²) in [4.78, 5) is 32.1. The highest BCUT2D eigenvalue weighted by atomic mass is 16.6. The molecule has 3 rings (SSSR count). The van der Waals surface area contributed by atoms with Crippen LogP contribution in [-0.4, -0.2) is 59.7 Å². The zero-order valence-corrected chi connectivity index (χ0v) is 14.6. The fraction of sp³-hybridized carbons (Fsp3) is 0.588. The van der Waals surface area contributed by atoms with Gasteiger partial charge in [-0.15, -0.1) is 0 Å². The summed E-state index contributed by atoms with van der Waals surface area (Å²) in [5.41, 5.74) is 0.924. The van der Waals surface area contributed by atoms with Crippen LogP contribution in [0.15, 0.2) is 18.3 Å². The lowest BCUT2D eigenvalue weighted by Crippen LogP contribution is -2.70. The summed E-state index contributed by atoms with van der Waals surface area (Å²) in [7, 11) is 1.59. The summed E-state index contributed by atoms with van der Waals surface area (Å²) in [6.07, 6.45) is 2.55. The SMILES string of the molecule is CNC(=O)c1ccc(N2C3CC2CN(C(=O)OC(C)(C)C)C3)cn1. The first-order valence-electron chi connectivity index (χ1n) is 8.23. The standard InChI is InChI=1S/C17H24N4O3/c1-17(2,3)24-16(23)20-9-12-7-13(10-20)21(12)11-5-6-14(19-8-11)15(22)18-4/h5-6,8,12-13H,7,9-10H2,1-4H3,(H,18,22). The molecule has 2 saturated heterocycles. The second-order valence-corrected chi connectivity index (χ2v) is 7.32. The normalized spacial score (nSPS) is 22.7. The van der Waals surface area contributed by atoms with Gasteiger partial charge in [-0.3, -0.25) is 4.79 Å². The molecule has 2 bridgehead atoms. The number of anilines is 1. The Morgan fingerprint density at radius 2 is 1.92 bits per heavy atom. The van der Waals surface area contributed by atoms with E-state index in [9.17, 15) is 9.59 Å². The molecule has 2 aliphatic heterocycles. The van der Waals surface area contributed by atoms with Crippen molar-refractivity contribution in [3.8, 4) is 0 Å². The Hall–Kier alpha value is -2.31. The number of carbonyl (C=O) groups excluding carboxylic acids is 2. The summed E-state index contributed by atoms with van der Waals surface area (Å²) in [5, 5.41) is 2.56. The molecule has 0 aliphatic carbocycles. The van der Waals surface area contributed by atoms with Gasteiger partial charge in [0.25, 0.3) is 5.91 Å². The molecule has 2 amide bonds. The number of piperazine rings is 1. The van der Waals surface area contributed by atoms with Gasteiger partial charge in [0.1, 0.15) is 11.3 Å². The number of nitrogens with one attached hydrogen (secondary N) is 1. The van der Waals surface area contributed by atoms with Gasteiger partial charge in [0, 0.05) is 32.2 Å². The van der Waals surface area contributed by atoms with Crippen LogP contribution < -0.4 is 10.2 Å². The van der Waals surface area contributed by atoms with Gasteiger partial charge < -0.3 is 19.9 Å². The van der Waals surface area contributed by atoms with Gasteiger partial charge in [0.2, 0.25) is 0 Å². The van der Waals surface area contributed by atoms with Gasteiger partial charge in [-0.05, 0) is 39.3 Å². The monoisotopic (exact) mass is 332 g/mol. The molecule has 0 aromatic carbocycles. The molecule has 2 unspecified atom stereocenters. The Labute approximate surface area is 142 Å². The van der Waals surface area contributed by atoms with Gasteiger partial charge in [0.15, 0.2) is 0 Å². The molecule has 2 fully saturated rings. The first kappa shape index (κ1) is 16.5. The summed E-state index contributed by atoms with van der Waals surface area (Å²) >= 11 is 0. The van der Waals surface area contributed by atoms with Crippen molar-refractivity contribution < 1.29 is 14.3 Å². The molecule has 130 valence electrons.